The molecule has 3 rings (SSSR count). The molecule has 2 nitrogen and oxygen atoms in total. The van der Waals surface area contributed by atoms with E-state index < -0.39 is 11.6 Å². The Hall–Kier alpha value is -2.49. The monoisotopic (exact) mass is 270 g/mol. The number of hydrogen-bond donors (Lipinski definition) is 1. The van der Waals surface area contributed by atoms with E-state index in [0.717, 1.165) is 28.6 Å². The van der Waals surface area contributed by atoms with Gasteiger partial charge in [-0.2, -0.15) is 0 Å². The molecule has 0 amide bonds. The third-order valence-electron chi connectivity index (χ3n) is 3.12. The number of nitrogens with one attached hydrogen (secondary N) is 1. The molecule has 0 atom stereocenters. The van der Waals surface area contributed by atoms with Gasteiger partial charge < -0.3 is 5.32 Å². The Morgan fingerprint density at radius 1 is 0.950 bits per heavy atom. The van der Waals surface area contributed by atoms with Crippen LogP contribution in [0.5, 0.6) is 0 Å². The zero-order valence-electron chi connectivity index (χ0n) is 10.6. The van der Waals surface area contributed by atoms with Gasteiger partial charge in [0.05, 0.1) is 5.52 Å². The van der Waals surface area contributed by atoms with E-state index in [9.17, 15) is 8.78 Å². The summed E-state index contributed by atoms with van der Waals surface area (Å²) in [5, 5.41) is 4.13. The minimum absolute atomic E-state index is 0.499. The van der Waals surface area contributed by atoms with Crippen molar-refractivity contribution in [1.82, 2.24) is 4.98 Å². The van der Waals surface area contributed by atoms with Gasteiger partial charge in [0.2, 0.25) is 0 Å². The van der Waals surface area contributed by atoms with Crippen molar-refractivity contribution >= 4 is 16.6 Å². The average molecular weight is 270 g/mol. The first-order chi connectivity index (χ1) is 9.74. The summed E-state index contributed by atoms with van der Waals surface area (Å²) in [6, 6.07) is 13.5. The fourth-order valence-corrected chi connectivity index (χ4v) is 2.11. The smallest absolute Gasteiger partial charge is 0.160 e. The molecule has 0 aliphatic rings. The molecule has 0 radical (unpaired) electrons. The van der Waals surface area contributed by atoms with Gasteiger partial charge in [-0.3, -0.25) is 4.98 Å². The number of fused-ring (bicyclic) bond motifs is 1. The van der Waals surface area contributed by atoms with Crippen LogP contribution in [0.25, 0.3) is 10.9 Å². The highest BCUT2D eigenvalue weighted by Crippen LogP contribution is 2.18. The van der Waals surface area contributed by atoms with Gasteiger partial charge in [0.1, 0.15) is 0 Å². The lowest BCUT2D eigenvalue weighted by molar-refractivity contribution is 0.509. The summed E-state index contributed by atoms with van der Waals surface area (Å²) in [6.45, 7) is 0.499. The predicted molar refractivity (Wildman–Crippen MR) is 75.4 cm³/mol. The highest BCUT2D eigenvalue weighted by molar-refractivity contribution is 5.81. The van der Waals surface area contributed by atoms with E-state index in [2.05, 4.69) is 10.3 Å². The van der Waals surface area contributed by atoms with Gasteiger partial charge in [-0.25, -0.2) is 8.78 Å². The van der Waals surface area contributed by atoms with Crippen LogP contribution in [-0.4, -0.2) is 4.98 Å². The maximum absolute atomic E-state index is 13.1. The molecule has 1 N–H and O–H groups in total. The van der Waals surface area contributed by atoms with Crippen molar-refractivity contribution < 1.29 is 8.78 Å². The van der Waals surface area contributed by atoms with Crippen molar-refractivity contribution in [1.29, 1.82) is 0 Å². The SMILES string of the molecule is Fc1ccc(NCc2cccc3cccnc23)cc1F. The van der Waals surface area contributed by atoms with Crippen LogP contribution in [0.15, 0.2) is 54.7 Å². The maximum Gasteiger partial charge on any atom is 0.160 e. The van der Waals surface area contributed by atoms with E-state index in [1.807, 2.05) is 30.3 Å². The van der Waals surface area contributed by atoms with Gasteiger partial charge in [-0.15, -0.1) is 0 Å². The minimum Gasteiger partial charge on any atom is -0.381 e. The number of halogens is 2. The molecule has 2 aromatic carbocycles. The topological polar surface area (TPSA) is 24.9 Å². The van der Waals surface area contributed by atoms with Gasteiger partial charge in [0.15, 0.2) is 11.6 Å². The van der Waals surface area contributed by atoms with Gasteiger partial charge in [0, 0.05) is 29.9 Å². The van der Waals surface area contributed by atoms with E-state index in [1.165, 1.54) is 6.07 Å². The van der Waals surface area contributed by atoms with Crippen LogP contribution in [0.2, 0.25) is 0 Å². The van der Waals surface area contributed by atoms with Crippen molar-refractivity contribution in [3.05, 3.63) is 71.9 Å². The van der Waals surface area contributed by atoms with Crippen LogP contribution in [0.3, 0.4) is 0 Å². The maximum atomic E-state index is 13.1. The summed E-state index contributed by atoms with van der Waals surface area (Å²) in [5.41, 5.74) is 2.45. The van der Waals surface area contributed by atoms with Gasteiger partial charge >= 0.3 is 0 Å². The zero-order valence-corrected chi connectivity index (χ0v) is 10.6. The van der Waals surface area contributed by atoms with Gasteiger partial charge in [-0.1, -0.05) is 24.3 Å². The van der Waals surface area contributed by atoms with Crippen molar-refractivity contribution in [3.8, 4) is 0 Å². The number of anilines is 1. The molecule has 1 heterocycles. The van der Waals surface area contributed by atoms with Crippen molar-refractivity contribution in [2.75, 3.05) is 5.32 Å². The molecule has 3 aromatic rings. The Morgan fingerprint density at radius 3 is 2.65 bits per heavy atom. The normalized spacial score (nSPS) is 10.7. The van der Waals surface area contributed by atoms with Crippen molar-refractivity contribution in [2.45, 2.75) is 6.54 Å². The Morgan fingerprint density at radius 2 is 1.80 bits per heavy atom. The number of pyridine rings is 1. The summed E-state index contributed by atoms with van der Waals surface area (Å²) >= 11 is 0. The van der Waals surface area contributed by atoms with Gasteiger partial charge in [0.25, 0.3) is 0 Å². The quantitative estimate of drug-likeness (QED) is 0.774. The van der Waals surface area contributed by atoms with Crippen molar-refractivity contribution in [3.63, 3.8) is 0 Å². The molecule has 100 valence electrons. The van der Waals surface area contributed by atoms with Crippen LogP contribution >= 0.6 is 0 Å². The predicted octanol–water partition coefficient (Wildman–Crippen LogP) is 4.13. The Balaban J connectivity index is 1.85. The van der Waals surface area contributed by atoms with Crippen LogP contribution in [0.1, 0.15) is 5.56 Å². The largest absolute Gasteiger partial charge is 0.381 e. The number of nitrogens with zero attached hydrogens (tertiary/aromatic N) is 1. The number of aromatic nitrogens is 1. The molecule has 0 saturated carbocycles. The number of rotatable bonds is 3. The third kappa shape index (κ3) is 2.45. The lowest BCUT2D eigenvalue weighted by Crippen LogP contribution is -2.01. The second-order valence-corrected chi connectivity index (χ2v) is 4.47. The number of para-hydroxylation sites is 1. The standard InChI is InChI=1S/C16H12F2N2/c17-14-7-6-13(9-15(14)18)20-10-12-4-1-3-11-5-2-8-19-16(11)12/h1-9,20H,10H2. The first kappa shape index (κ1) is 12.5. The fraction of sp³-hybridized carbons (Fsp3) is 0.0625. The highest BCUT2D eigenvalue weighted by atomic mass is 19.2. The first-order valence-corrected chi connectivity index (χ1v) is 6.25. The summed E-state index contributed by atoms with van der Waals surface area (Å²) in [4.78, 5) is 4.35. The van der Waals surface area contributed by atoms with Crippen LogP contribution in [0.4, 0.5) is 14.5 Å². The molecule has 0 aliphatic carbocycles. The fourth-order valence-electron chi connectivity index (χ4n) is 2.11. The van der Waals surface area contributed by atoms with Crippen molar-refractivity contribution in [2.24, 2.45) is 0 Å². The molecule has 4 heteroatoms. The number of hydrogen-bond acceptors (Lipinski definition) is 2. The molecule has 20 heavy (non-hydrogen) atoms. The first-order valence-electron chi connectivity index (χ1n) is 6.25. The van der Waals surface area contributed by atoms with E-state index in [4.69, 9.17) is 0 Å². The summed E-state index contributed by atoms with van der Waals surface area (Å²) in [7, 11) is 0. The lowest BCUT2D eigenvalue weighted by atomic mass is 10.1. The van der Waals surface area contributed by atoms with Crippen LogP contribution in [-0.2, 0) is 6.54 Å². The molecule has 0 fully saturated rings. The second kappa shape index (κ2) is 5.25. The highest BCUT2D eigenvalue weighted by Gasteiger charge is 2.04. The van der Waals surface area contributed by atoms with E-state index in [1.54, 1.807) is 6.20 Å². The molecule has 0 aliphatic heterocycles. The average Bonchev–Trinajstić information content (AvgIpc) is 2.48. The van der Waals surface area contributed by atoms with Crippen LogP contribution < -0.4 is 5.32 Å². The minimum atomic E-state index is -0.856. The molecule has 0 spiro atoms. The second-order valence-electron chi connectivity index (χ2n) is 4.47. The summed E-state index contributed by atoms with van der Waals surface area (Å²) < 4.78 is 26.0. The molecule has 1 aromatic heterocycles. The molecular formula is C16H12F2N2. The molecule has 0 bridgehead atoms. The van der Waals surface area contributed by atoms with E-state index >= 15 is 0 Å². The molecule has 0 unspecified atom stereocenters. The zero-order chi connectivity index (χ0) is 13.9. The number of benzene rings is 2. The lowest BCUT2D eigenvalue weighted by Gasteiger charge is -2.09. The molecular weight excluding hydrogens is 258 g/mol. The van der Waals surface area contributed by atoms with Gasteiger partial charge in [-0.05, 0) is 23.8 Å². The Bertz CT molecular complexity index is 751. The van der Waals surface area contributed by atoms with E-state index in [0.29, 0.717) is 12.2 Å². The summed E-state index contributed by atoms with van der Waals surface area (Å²) in [5.74, 6) is -1.70. The Kier molecular flexibility index (Phi) is 3.29. The third-order valence-corrected chi connectivity index (χ3v) is 3.12. The van der Waals surface area contributed by atoms with Crippen LogP contribution in [0, 0.1) is 11.6 Å². The van der Waals surface area contributed by atoms with E-state index in [-0.39, 0.29) is 0 Å². The molecule has 0 saturated heterocycles. The Labute approximate surface area is 115 Å². The summed E-state index contributed by atoms with van der Waals surface area (Å²) in [6.07, 6.45) is 1.74.